The summed E-state index contributed by atoms with van der Waals surface area (Å²) in [5.41, 5.74) is 20.9. The molecule has 0 N–H and O–H groups in total. The van der Waals surface area contributed by atoms with Crippen LogP contribution in [0.3, 0.4) is 0 Å². The van der Waals surface area contributed by atoms with Crippen LogP contribution in [0.1, 0.15) is 72.2 Å². The summed E-state index contributed by atoms with van der Waals surface area (Å²) in [4.78, 5) is 2.51. The number of para-hydroxylation sites is 2. The summed E-state index contributed by atoms with van der Waals surface area (Å²) < 4.78 is 6.68. The number of ether oxygens (including phenoxy) is 1. The fourth-order valence-corrected chi connectivity index (χ4v) is 11.1. The van der Waals surface area contributed by atoms with E-state index in [9.17, 15) is 0 Å². The molecule has 8 aromatic carbocycles. The van der Waals surface area contributed by atoms with E-state index in [1.54, 1.807) is 0 Å². The lowest BCUT2D eigenvalue weighted by Crippen LogP contribution is -2.32. The maximum Gasteiger partial charge on any atom is 0.132 e. The summed E-state index contributed by atoms with van der Waals surface area (Å²) in [6, 6.07) is 65.6. The molecule has 0 bridgehead atoms. The van der Waals surface area contributed by atoms with Crippen LogP contribution < -0.4 is 9.64 Å². The highest BCUT2D eigenvalue weighted by Gasteiger charge is 2.51. The van der Waals surface area contributed by atoms with Crippen molar-refractivity contribution in [2.45, 2.75) is 43.9 Å². The molecule has 1 heterocycles. The van der Waals surface area contributed by atoms with Crippen LogP contribution in [0.15, 0.2) is 176 Å². The number of hydrogen-bond acceptors (Lipinski definition) is 2. The van der Waals surface area contributed by atoms with Gasteiger partial charge in [0.25, 0.3) is 0 Å². The number of nitrogens with zero attached hydrogens (tertiary/aromatic N) is 1. The molecule has 0 saturated carbocycles. The predicted molar refractivity (Wildman–Crippen MR) is 234 cm³/mol. The van der Waals surface area contributed by atoms with Gasteiger partial charge in [-0.2, -0.15) is 0 Å². The molecule has 4 aliphatic rings. The first-order valence-corrected chi connectivity index (χ1v) is 20.2. The molecule has 0 amide bonds. The number of benzene rings is 8. The van der Waals surface area contributed by atoms with Crippen molar-refractivity contribution < 1.29 is 4.74 Å². The molecular weight excluding hydrogens is 691 g/mol. The van der Waals surface area contributed by atoms with E-state index < -0.39 is 5.41 Å². The number of hydrogen-bond donors (Lipinski definition) is 0. The van der Waals surface area contributed by atoms with Gasteiger partial charge in [-0.1, -0.05) is 155 Å². The summed E-state index contributed by atoms with van der Waals surface area (Å²) in [6.07, 6.45) is 0. The van der Waals surface area contributed by atoms with Crippen molar-refractivity contribution in [2.75, 3.05) is 4.90 Å². The van der Waals surface area contributed by atoms with E-state index in [1.165, 1.54) is 77.9 Å². The minimum absolute atomic E-state index is 0.131. The van der Waals surface area contributed by atoms with Crippen LogP contribution in [0.25, 0.3) is 33.4 Å². The van der Waals surface area contributed by atoms with Crippen LogP contribution in [-0.2, 0) is 16.2 Å². The largest absolute Gasteiger partial charge is 0.457 e. The first-order chi connectivity index (χ1) is 27.8. The Morgan fingerprint density at radius 2 is 0.649 bits per heavy atom. The third-order valence-corrected chi connectivity index (χ3v) is 13.7. The molecule has 0 fully saturated rings. The molecule has 0 radical (unpaired) electrons. The van der Waals surface area contributed by atoms with Crippen LogP contribution >= 0.6 is 0 Å². The van der Waals surface area contributed by atoms with Crippen LogP contribution in [-0.4, -0.2) is 0 Å². The molecule has 12 rings (SSSR count). The van der Waals surface area contributed by atoms with Crippen LogP contribution in [0, 0.1) is 0 Å². The molecule has 0 unspecified atom stereocenters. The van der Waals surface area contributed by atoms with Crippen molar-refractivity contribution in [1.82, 2.24) is 0 Å². The van der Waals surface area contributed by atoms with Crippen molar-refractivity contribution in [2.24, 2.45) is 0 Å². The Hall–Kier alpha value is -6.64. The zero-order valence-corrected chi connectivity index (χ0v) is 32.6. The number of rotatable bonds is 3. The smallest absolute Gasteiger partial charge is 0.132 e. The molecule has 272 valence electrons. The van der Waals surface area contributed by atoms with Gasteiger partial charge < -0.3 is 9.64 Å². The van der Waals surface area contributed by atoms with E-state index in [4.69, 9.17) is 4.74 Å². The summed E-state index contributed by atoms with van der Waals surface area (Å²) >= 11 is 0. The van der Waals surface area contributed by atoms with Crippen molar-refractivity contribution in [3.8, 4) is 44.9 Å². The minimum atomic E-state index is -0.553. The molecule has 2 heteroatoms. The Bertz CT molecular complexity index is 2870. The molecule has 8 aromatic rings. The molecule has 57 heavy (non-hydrogen) atoms. The van der Waals surface area contributed by atoms with Gasteiger partial charge in [-0.25, -0.2) is 0 Å². The quantitative estimate of drug-likeness (QED) is 0.179. The molecule has 0 atom stereocenters. The van der Waals surface area contributed by atoms with Crippen molar-refractivity contribution in [3.63, 3.8) is 0 Å². The topological polar surface area (TPSA) is 12.5 Å². The van der Waals surface area contributed by atoms with Gasteiger partial charge in [-0.05, 0) is 115 Å². The third kappa shape index (κ3) is 4.15. The SMILES string of the molecule is CC1(C)c2ccccc2-c2ccc(N(c3ccc4c(c3)C(C)(C)c3ccccc3-4)c3ccc4c(c3)C3(c5ccccc5Oc5ccccc53)c3ccccc3-4)cc21. The van der Waals surface area contributed by atoms with E-state index >= 15 is 0 Å². The van der Waals surface area contributed by atoms with Gasteiger partial charge in [0.15, 0.2) is 0 Å². The van der Waals surface area contributed by atoms with E-state index in [-0.39, 0.29) is 10.8 Å². The minimum Gasteiger partial charge on any atom is -0.457 e. The highest BCUT2D eigenvalue weighted by molar-refractivity contribution is 5.93. The highest BCUT2D eigenvalue weighted by Crippen LogP contribution is 2.63. The first kappa shape index (κ1) is 32.6. The summed E-state index contributed by atoms with van der Waals surface area (Å²) in [5, 5.41) is 0. The Labute approximate surface area is 334 Å². The molecule has 0 saturated heterocycles. The molecular formula is C55H41NO. The number of anilines is 3. The second kappa shape index (κ2) is 11.2. The maximum absolute atomic E-state index is 6.68. The molecule has 2 nitrogen and oxygen atoms in total. The van der Waals surface area contributed by atoms with Gasteiger partial charge in [-0.15, -0.1) is 0 Å². The van der Waals surface area contributed by atoms with Gasteiger partial charge in [0.2, 0.25) is 0 Å². The molecule has 1 aliphatic heterocycles. The van der Waals surface area contributed by atoms with Crippen molar-refractivity contribution in [3.05, 3.63) is 220 Å². The highest BCUT2D eigenvalue weighted by atomic mass is 16.5. The Kier molecular flexibility index (Phi) is 6.42. The van der Waals surface area contributed by atoms with E-state index in [2.05, 4.69) is 209 Å². The van der Waals surface area contributed by atoms with Gasteiger partial charge in [0.1, 0.15) is 11.5 Å². The summed E-state index contributed by atoms with van der Waals surface area (Å²) in [5.74, 6) is 1.81. The third-order valence-electron chi connectivity index (χ3n) is 13.7. The van der Waals surface area contributed by atoms with E-state index in [0.717, 1.165) is 28.6 Å². The predicted octanol–water partition coefficient (Wildman–Crippen LogP) is 14.2. The lowest BCUT2D eigenvalue weighted by molar-refractivity contribution is 0.436. The zero-order valence-electron chi connectivity index (χ0n) is 32.6. The second-order valence-corrected chi connectivity index (χ2v) is 17.3. The Morgan fingerprint density at radius 1 is 0.316 bits per heavy atom. The molecule has 1 spiro atoms. The fraction of sp³-hybridized carbons (Fsp3) is 0.127. The second-order valence-electron chi connectivity index (χ2n) is 17.3. The summed E-state index contributed by atoms with van der Waals surface area (Å²) in [6.45, 7) is 9.49. The van der Waals surface area contributed by atoms with E-state index in [1.807, 2.05) is 0 Å². The standard InChI is InChI=1S/C55H41NO/c1-53(2)43-18-8-5-15-37(43)40-28-25-34(31-48(40)53)56(35-26-29-41-38-16-6-9-19-44(38)54(3,4)49(41)32-35)36-27-30-42-39-17-7-10-20-45(39)55(50(42)33-36)46-21-11-13-23-51(46)57-52-24-14-12-22-47(52)55/h5-33H,1-4H3. The Balaban J connectivity index is 1.13. The van der Waals surface area contributed by atoms with Gasteiger partial charge >= 0.3 is 0 Å². The normalized spacial score (nSPS) is 15.9. The van der Waals surface area contributed by atoms with E-state index in [0.29, 0.717) is 0 Å². The van der Waals surface area contributed by atoms with Gasteiger partial charge in [0, 0.05) is 39.0 Å². The summed E-state index contributed by atoms with van der Waals surface area (Å²) in [7, 11) is 0. The average Bonchev–Trinajstić information content (AvgIpc) is 3.76. The lowest BCUT2D eigenvalue weighted by Gasteiger charge is -2.39. The van der Waals surface area contributed by atoms with Crippen molar-refractivity contribution in [1.29, 1.82) is 0 Å². The van der Waals surface area contributed by atoms with Crippen molar-refractivity contribution >= 4 is 17.1 Å². The first-order valence-electron chi connectivity index (χ1n) is 20.2. The van der Waals surface area contributed by atoms with Crippen LogP contribution in [0.2, 0.25) is 0 Å². The van der Waals surface area contributed by atoms with Crippen LogP contribution in [0.5, 0.6) is 11.5 Å². The van der Waals surface area contributed by atoms with Gasteiger partial charge in [-0.3, -0.25) is 0 Å². The number of fused-ring (bicyclic) bond motifs is 15. The fourth-order valence-electron chi connectivity index (χ4n) is 11.1. The van der Waals surface area contributed by atoms with Gasteiger partial charge in [0.05, 0.1) is 5.41 Å². The molecule has 3 aliphatic carbocycles. The monoisotopic (exact) mass is 731 g/mol. The van der Waals surface area contributed by atoms with Crippen LogP contribution in [0.4, 0.5) is 17.1 Å². The average molecular weight is 732 g/mol. The molecule has 0 aromatic heterocycles. The zero-order chi connectivity index (χ0) is 38.3. The maximum atomic E-state index is 6.68. The lowest BCUT2D eigenvalue weighted by atomic mass is 9.66. The Morgan fingerprint density at radius 3 is 1.12 bits per heavy atom.